The average molecular weight is 245 g/mol. The lowest BCUT2D eigenvalue weighted by Gasteiger charge is -2.28. The molecule has 0 aromatic heterocycles. The SMILES string of the molecule is NC(=Nc1ccc(N2CCOCC2)cc1)C1CC1. The maximum Gasteiger partial charge on any atom is 0.103 e. The van der Waals surface area contributed by atoms with Gasteiger partial charge >= 0.3 is 0 Å². The fraction of sp³-hybridized carbons (Fsp3) is 0.500. The quantitative estimate of drug-likeness (QED) is 0.654. The molecule has 0 spiro atoms. The number of nitrogens with two attached hydrogens (primary N) is 1. The summed E-state index contributed by atoms with van der Waals surface area (Å²) in [5.41, 5.74) is 8.11. The topological polar surface area (TPSA) is 50.8 Å². The van der Waals surface area contributed by atoms with Gasteiger partial charge in [-0.2, -0.15) is 0 Å². The Balaban J connectivity index is 1.70. The molecule has 0 bridgehead atoms. The van der Waals surface area contributed by atoms with Crippen LogP contribution in [0.15, 0.2) is 29.3 Å². The fourth-order valence-electron chi connectivity index (χ4n) is 2.18. The molecule has 2 fully saturated rings. The van der Waals surface area contributed by atoms with Gasteiger partial charge in [-0.15, -0.1) is 0 Å². The van der Waals surface area contributed by atoms with E-state index < -0.39 is 0 Å². The zero-order valence-corrected chi connectivity index (χ0v) is 10.5. The van der Waals surface area contributed by atoms with Gasteiger partial charge in [0.2, 0.25) is 0 Å². The first kappa shape index (κ1) is 11.5. The molecule has 1 aromatic carbocycles. The van der Waals surface area contributed by atoms with Crippen molar-refractivity contribution in [2.24, 2.45) is 16.6 Å². The maximum atomic E-state index is 5.91. The van der Waals surface area contributed by atoms with Crippen LogP contribution in [0.1, 0.15) is 12.8 Å². The molecular formula is C14H19N3O. The van der Waals surface area contributed by atoms with Gasteiger partial charge in [0, 0.05) is 24.7 Å². The zero-order valence-electron chi connectivity index (χ0n) is 10.5. The first-order chi connectivity index (χ1) is 8.83. The van der Waals surface area contributed by atoms with E-state index in [-0.39, 0.29) is 0 Å². The molecule has 96 valence electrons. The predicted octanol–water partition coefficient (Wildman–Crippen LogP) is 1.92. The Labute approximate surface area is 107 Å². The lowest BCUT2D eigenvalue weighted by atomic mass is 10.2. The van der Waals surface area contributed by atoms with E-state index >= 15 is 0 Å². The van der Waals surface area contributed by atoms with Crippen LogP contribution in [0.3, 0.4) is 0 Å². The molecule has 0 amide bonds. The van der Waals surface area contributed by atoms with E-state index in [0.717, 1.165) is 37.8 Å². The number of hydrogen-bond donors (Lipinski definition) is 1. The molecule has 0 radical (unpaired) electrons. The number of rotatable bonds is 3. The maximum absolute atomic E-state index is 5.91. The molecule has 1 aromatic rings. The average Bonchev–Trinajstić information content (AvgIpc) is 3.25. The number of anilines is 1. The number of morpholine rings is 1. The van der Waals surface area contributed by atoms with E-state index in [2.05, 4.69) is 22.0 Å². The zero-order chi connectivity index (χ0) is 12.4. The summed E-state index contributed by atoms with van der Waals surface area (Å²) in [6.45, 7) is 3.56. The van der Waals surface area contributed by atoms with Crippen LogP contribution >= 0.6 is 0 Å². The van der Waals surface area contributed by atoms with Crippen molar-refractivity contribution in [2.75, 3.05) is 31.2 Å². The third kappa shape index (κ3) is 2.64. The highest BCUT2D eigenvalue weighted by molar-refractivity contribution is 5.87. The van der Waals surface area contributed by atoms with Gasteiger partial charge in [-0.25, -0.2) is 4.99 Å². The van der Waals surface area contributed by atoms with E-state index in [1.165, 1.54) is 18.5 Å². The first-order valence-electron chi connectivity index (χ1n) is 6.60. The molecule has 1 saturated heterocycles. The lowest BCUT2D eigenvalue weighted by molar-refractivity contribution is 0.122. The van der Waals surface area contributed by atoms with Crippen LogP contribution < -0.4 is 10.6 Å². The summed E-state index contributed by atoms with van der Waals surface area (Å²) in [5.74, 6) is 1.32. The Morgan fingerprint density at radius 3 is 2.44 bits per heavy atom. The van der Waals surface area contributed by atoms with Gasteiger partial charge in [-0.1, -0.05) is 0 Å². The molecule has 2 aliphatic rings. The van der Waals surface area contributed by atoms with Crippen molar-refractivity contribution in [1.29, 1.82) is 0 Å². The second kappa shape index (κ2) is 4.98. The summed E-state index contributed by atoms with van der Waals surface area (Å²) < 4.78 is 5.35. The van der Waals surface area contributed by atoms with Crippen molar-refractivity contribution in [1.82, 2.24) is 0 Å². The van der Waals surface area contributed by atoms with E-state index in [4.69, 9.17) is 10.5 Å². The Morgan fingerprint density at radius 1 is 1.17 bits per heavy atom. The third-order valence-electron chi connectivity index (χ3n) is 3.48. The standard InChI is InChI=1S/C14H19N3O/c15-14(11-1-2-11)16-12-3-5-13(6-4-12)17-7-9-18-10-8-17/h3-6,11H,1-2,7-10H2,(H2,15,16). The van der Waals surface area contributed by atoms with Crippen molar-refractivity contribution in [3.63, 3.8) is 0 Å². The van der Waals surface area contributed by atoms with Crippen LogP contribution in [-0.4, -0.2) is 32.1 Å². The van der Waals surface area contributed by atoms with Gasteiger partial charge in [0.1, 0.15) is 5.84 Å². The number of benzene rings is 1. The van der Waals surface area contributed by atoms with Crippen LogP contribution in [0.5, 0.6) is 0 Å². The summed E-state index contributed by atoms with van der Waals surface area (Å²) in [6.07, 6.45) is 2.39. The van der Waals surface area contributed by atoms with Crippen molar-refractivity contribution >= 4 is 17.2 Å². The minimum Gasteiger partial charge on any atom is -0.387 e. The number of amidine groups is 1. The molecule has 3 rings (SSSR count). The molecule has 1 aliphatic heterocycles. The fourth-order valence-corrected chi connectivity index (χ4v) is 2.18. The van der Waals surface area contributed by atoms with Crippen molar-refractivity contribution in [3.05, 3.63) is 24.3 Å². The molecule has 1 saturated carbocycles. The highest BCUT2D eigenvalue weighted by atomic mass is 16.5. The van der Waals surface area contributed by atoms with E-state index in [1.807, 2.05) is 12.1 Å². The second-order valence-electron chi connectivity index (χ2n) is 4.93. The molecule has 4 heteroatoms. The van der Waals surface area contributed by atoms with Crippen molar-refractivity contribution in [3.8, 4) is 0 Å². The smallest absolute Gasteiger partial charge is 0.103 e. The first-order valence-corrected chi connectivity index (χ1v) is 6.60. The second-order valence-corrected chi connectivity index (χ2v) is 4.93. The molecule has 0 unspecified atom stereocenters. The van der Waals surface area contributed by atoms with E-state index in [9.17, 15) is 0 Å². The predicted molar refractivity (Wildman–Crippen MR) is 73.5 cm³/mol. The monoisotopic (exact) mass is 245 g/mol. The molecular weight excluding hydrogens is 226 g/mol. The van der Waals surface area contributed by atoms with Crippen LogP contribution in [-0.2, 0) is 4.74 Å². The Morgan fingerprint density at radius 2 is 1.83 bits per heavy atom. The molecule has 2 N–H and O–H groups in total. The number of aliphatic imine (C=N–C) groups is 1. The van der Waals surface area contributed by atoms with Gasteiger partial charge < -0.3 is 15.4 Å². The van der Waals surface area contributed by atoms with Crippen molar-refractivity contribution in [2.45, 2.75) is 12.8 Å². The Hall–Kier alpha value is -1.55. The molecule has 1 heterocycles. The highest BCUT2D eigenvalue weighted by Gasteiger charge is 2.25. The Bertz CT molecular complexity index is 431. The van der Waals surface area contributed by atoms with Crippen molar-refractivity contribution < 1.29 is 4.74 Å². The normalized spacial score (nSPS) is 21.1. The van der Waals surface area contributed by atoms with E-state index in [0.29, 0.717) is 5.92 Å². The summed E-state index contributed by atoms with van der Waals surface area (Å²) in [4.78, 5) is 6.79. The number of nitrogens with zero attached hydrogens (tertiary/aromatic N) is 2. The highest BCUT2D eigenvalue weighted by Crippen LogP contribution is 2.30. The van der Waals surface area contributed by atoms with Gasteiger partial charge in [0.15, 0.2) is 0 Å². The molecule has 0 atom stereocenters. The molecule has 18 heavy (non-hydrogen) atoms. The van der Waals surface area contributed by atoms with Crippen LogP contribution in [0.25, 0.3) is 0 Å². The van der Waals surface area contributed by atoms with Crippen LogP contribution in [0, 0.1) is 5.92 Å². The van der Waals surface area contributed by atoms with Crippen LogP contribution in [0.2, 0.25) is 0 Å². The lowest BCUT2D eigenvalue weighted by Crippen LogP contribution is -2.36. The number of hydrogen-bond acceptors (Lipinski definition) is 3. The largest absolute Gasteiger partial charge is 0.387 e. The summed E-state index contributed by atoms with van der Waals surface area (Å²) in [5, 5.41) is 0. The van der Waals surface area contributed by atoms with Gasteiger partial charge in [0.05, 0.1) is 18.9 Å². The summed E-state index contributed by atoms with van der Waals surface area (Å²) >= 11 is 0. The summed E-state index contributed by atoms with van der Waals surface area (Å²) in [7, 11) is 0. The molecule has 1 aliphatic carbocycles. The minimum absolute atomic E-state index is 0.531. The van der Waals surface area contributed by atoms with Gasteiger partial charge in [-0.3, -0.25) is 0 Å². The van der Waals surface area contributed by atoms with Crippen LogP contribution in [0.4, 0.5) is 11.4 Å². The van der Waals surface area contributed by atoms with Gasteiger partial charge in [0.25, 0.3) is 0 Å². The third-order valence-corrected chi connectivity index (χ3v) is 3.48. The Kier molecular flexibility index (Phi) is 3.19. The molecule has 4 nitrogen and oxygen atoms in total. The minimum atomic E-state index is 0.531. The summed E-state index contributed by atoms with van der Waals surface area (Å²) in [6, 6.07) is 8.31. The van der Waals surface area contributed by atoms with Gasteiger partial charge in [-0.05, 0) is 37.1 Å². The number of ether oxygens (including phenoxy) is 1. The van der Waals surface area contributed by atoms with E-state index in [1.54, 1.807) is 0 Å².